The van der Waals surface area contributed by atoms with Crippen molar-refractivity contribution in [1.29, 1.82) is 5.26 Å². The molecule has 2 aromatic carbocycles. The minimum atomic E-state index is -0.874. The van der Waals surface area contributed by atoms with Gasteiger partial charge in [-0.15, -0.1) is 5.10 Å². The van der Waals surface area contributed by atoms with Gasteiger partial charge in [0, 0.05) is 11.3 Å². The number of rotatable bonds is 3. The van der Waals surface area contributed by atoms with Crippen LogP contribution in [0, 0.1) is 11.3 Å². The Morgan fingerprint density at radius 3 is 2.62 bits per heavy atom. The second kappa shape index (κ2) is 7.20. The molecule has 0 amide bonds. The Kier molecular flexibility index (Phi) is 4.70. The molecule has 1 N–H and O–H groups in total. The zero-order valence-electron chi connectivity index (χ0n) is 14.9. The quantitative estimate of drug-likeness (QED) is 0.688. The van der Waals surface area contributed by atoms with Gasteiger partial charge in [0.25, 0.3) is 5.56 Å². The Morgan fingerprint density at radius 1 is 1.21 bits per heavy atom. The summed E-state index contributed by atoms with van der Waals surface area (Å²) in [5.41, 5.74) is 1.03. The first-order chi connectivity index (χ1) is 13.9. The molecule has 0 saturated heterocycles. The number of hydrogen-bond acceptors (Lipinski definition) is 6. The van der Waals surface area contributed by atoms with Crippen LogP contribution in [0.25, 0.3) is 5.69 Å². The van der Waals surface area contributed by atoms with E-state index >= 15 is 0 Å². The molecule has 0 fully saturated rings. The molecule has 4 rings (SSSR count). The molecular formula is C19H11Cl2N5O3. The number of nitrogens with zero attached hydrogens (tertiary/aromatic N) is 4. The van der Waals surface area contributed by atoms with E-state index in [0.29, 0.717) is 12.3 Å². The fourth-order valence-electron chi connectivity index (χ4n) is 2.92. The number of halogens is 2. The van der Waals surface area contributed by atoms with Gasteiger partial charge in [-0.05, 0) is 36.8 Å². The summed E-state index contributed by atoms with van der Waals surface area (Å²) in [7, 11) is 0. The van der Waals surface area contributed by atoms with Crippen LogP contribution in [0.5, 0.6) is 11.5 Å². The lowest BCUT2D eigenvalue weighted by Crippen LogP contribution is -2.33. The Hall–Kier alpha value is -3.41. The van der Waals surface area contributed by atoms with Gasteiger partial charge < -0.3 is 4.74 Å². The number of benzene rings is 2. The third-order valence-corrected chi connectivity index (χ3v) is 4.90. The van der Waals surface area contributed by atoms with E-state index in [1.165, 1.54) is 12.1 Å². The molecule has 1 aliphatic rings. The second-order valence-electron chi connectivity index (χ2n) is 6.19. The summed E-state index contributed by atoms with van der Waals surface area (Å²) in [5, 5.41) is 12.9. The van der Waals surface area contributed by atoms with E-state index < -0.39 is 16.9 Å². The van der Waals surface area contributed by atoms with Gasteiger partial charge in [0.2, 0.25) is 5.69 Å². The largest absolute Gasteiger partial charge is 0.454 e. The average Bonchev–Trinajstić information content (AvgIpc) is 3.05. The second-order valence-corrected chi connectivity index (χ2v) is 7.01. The highest BCUT2D eigenvalue weighted by molar-refractivity contribution is 6.37. The van der Waals surface area contributed by atoms with E-state index in [4.69, 9.17) is 33.2 Å². The van der Waals surface area contributed by atoms with Crippen molar-refractivity contribution in [3.05, 3.63) is 78.0 Å². The lowest BCUT2D eigenvalue weighted by atomic mass is 10.1. The molecule has 0 unspecified atom stereocenters. The molecule has 10 heteroatoms. The van der Waals surface area contributed by atoms with E-state index in [0.717, 1.165) is 21.5 Å². The fourth-order valence-corrected chi connectivity index (χ4v) is 3.47. The predicted molar refractivity (Wildman–Crippen MR) is 108 cm³/mol. The van der Waals surface area contributed by atoms with Crippen molar-refractivity contribution in [3.8, 4) is 23.3 Å². The van der Waals surface area contributed by atoms with Gasteiger partial charge in [0.05, 0.1) is 22.3 Å². The van der Waals surface area contributed by atoms with Crippen LogP contribution in [-0.4, -0.2) is 20.5 Å². The number of nitriles is 1. The molecule has 3 aromatic rings. The zero-order chi connectivity index (χ0) is 20.7. The highest BCUT2D eigenvalue weighted by atomic mass is 35.5. The van der Waals surface area contributed by atoms with Gasteiger partial charge in [-0.1, -0.05) is 29.3 Å². The van der Waals surface area contributed by atoms with Crippen LogP contribution in [0.15, 0.2) is 44.9 Å². The summed E-state index contributed by atoms with van der Waals surface area (Å²) in [4.78, 5) is 30.0. The molecule has 29 heavy (non-hydrogen) atoms. The highest BCUT2D eigenvalue weighted by Crippen LogP contribution is 2.38. The van der Waals surface area contributed by atoms with Crippen molar-refractivity contribution < 1.29 is 4.74 Å². The Morgan fingerprint density at radius 2 is 1.93 bits per heavy atom. The smallest absolute Gasteiger partial charge is 0.349 e. The van der Waals surface area contributed by atoms with E-state index in [2.05, 4.69) is 10.1 Å². The maximum atomic E-state index is 12.1. The standard InChI is InChI=1S/C19H11Cl2N5O3/c1-9-13-6-12(3-2-10(13)8-23-9)29-17-14(20)4-11(5-15(17)21)26-19(28)24-18(27)16(7-22)25-26/h2-6H,8H2,1H3,(H,24,27,28). The highest BCUT2D eigenvalue weighted by Gasteiger charge is 2.17. The Bertz CT molecular complexity index is 1330. The minimum absolute atomic E-state index is 0.122. The summed E-state index contributed by atoms with van der Waals surface area (Å²) < 4.78 is 6.69. The van der Waals surface area contributed by atoms with Crippen molar-refractivity contribution >= 4 is 28.9 Å². The fraction of sp³-hybridized carbons (Fsp3) is 0.105. The van der Waals surface area contributed by atoms with Crippen molar-refractivity contribution in [2.24, 2.45) is 4.99 Å². The monoisotopic (exact) mass is 427 g/mol. The van der Waals surface area contributed by atoms with Gasteiger partial charge in [-0.2, -0.15) is 9.94 Å². The number of fused-ring (bicyclic) bond motifs is 1. The van der Waals surface area contributed by atoms with Crippen LogP contribution in [0.3, 0.4) is 0 Å². The van der Waals surface area contributed by atoms with E-state index in [1.807, 2.05) is 24.0 Å². The van der Waals surface area contributed by atoms with Crippen molar-refractivity contribution in [3.63, 3.8) is 0 Å². The van der Waals surface area contributed by atoms with Crippen LogP contribution in [0.2, 0.25) is 10.0 Å². The predicted octanol–water partition coefficient (Wildman–Crippen LogP) is 3.21. The molecule has 0 bridgehead atoms. The van der Waals surface area contributed by atoms with Gasteiger partial charge in [0.15, 0.2) is 5.75 Å². The summed E-state index contributed by atoms with van der Waals surface area (Å²) in [6.07, 6.45) is 0. The first-order valence-electron chi connectivity index (χ1n) is 8.33. The van der Waals surface area contributed by atoms with E-state index in [-0.39, 0.29) is 21.5 Å². The maximum absolute atomic E-state index is 12.1. The molecule has 1 aliphatic heterocycles. The number of aromatic amines is 1. The van der Waals surface area contributed by atoms with Crippen molar-refractivity contribution in [1.82, 2.24) is 14.8 Å². The van der Waals surface area contributed by atoms with E-state index in [9.17, 15) is 9.59 Å². The van der Waals surface area contributed by atoms with Crippen LogP contribution in [0.1, 0.15) is 23.7 Å². The summed E-state index contributed by atoms with van der Waals surface area (Å²) in [6.45, 7) is 2.57. The molecule has 0 aliphatic carbocycles. The summed E-state index contributed by atoms with van der Waals surface area (Å²) in [6, 6.07) is 9.99. The van der Waals surface area contributed by atoms with Gasteiger partial charge in [-0.25, -0.2) is 4.79 Å². The molecule has 1 aromatic heterocycles. The molecular weight excluding hydrogens is 417 g/mol. The molecule has 0 spiro atoms. The Balaban J connectivity index is 1.73. The number of hydrogen-bond donors (Lipinski definition) is 1. The van der Waals surface area contributed by atoms with Gasteiger partial charge in [0.1, 0.15) is 11.8 Å². The SMILES string of the molecule is CC1=NCc2ccc(Oc3c(Cl)cc(-n4nc(C#N)c(=O)[nH]c4=O)cc3Cl)cc21. The first-order valence-corrected chi connectivity index (χ1v) is 9.08. The molecule has 0 saturated carbocycles. The normalized spacial score (nSPS) is 12.3. The van der Waals surface area contributed by atoms with Crippen LogP contribution in [-0.2, 0) is 6.54 Å². The topological polar surface area (TPSA) is 113 Å². The van der Waals surface area contributed by atoms with E-state index in [1.54, 1.807) is 12.1 Å². The molecule has 0 radical (unpaired) electrons. The van der Waals surface area contributed by atoms with Crippen LogP contribution in [0.4, 0.5) is 0 Å². The van der Waals surface area contributed by atoms with Gasteiger partial charge >= 0.3 is 5.69 Å². The number of aliphatic imine (C=N–C) groups is 1. The zero-order valence-corrected chi connectivity index (χ0v) is 16.4. The van der Waals surface area contributed by atoms with Gasteiger partial charge in [-0.3, -0.25) is 14.8 Å². The number of ether oxygens (including phenoxy) is 1. The first kappa shape index (κ1) is 18.9. The van der Waals surface area contributed by atoms with Crippen molar-refractivity contribution in [2.75, 3.05) is 0 Å². The number of aromatic nitrogens is 3. The van der Waals surface area contributed by atoms with Crippen LogP contribution >= 0.6 is 23.2 Å². The lowest BCUT2D eigenvalue weighted by molar-refractivity contribution is 0.482. The third-order valence-electron chi connectivity index (χ3n) is 4.34. The number of nitrogens with one attached hydrogen (secondary N) is 1. The lowest BCUT2D eigenvalue weighted by Gasteiger charge is -2.13. The Labute approximate surface area is 173 Å². The maximum Gasteiger partial charge on any atom is 0.349 e. The van der Waals surface area contributed by atoms with Crippen LogP contribution < -0.4 is 16.0 Å². The summed E-state index contributed by atoms with van der Waals surface area (Å²) >= 11 is 12.6. The molecule has 144 valence electrons. The molecule has 8 nitrogen and oxygen atoms in total. The third kappa shape index (κ3) is 3.42. The number of H-pyrrole nitrogens is 1. The molecule has 0 atom stereocenters. The van der Waals surface area contributed by atoms with Crippen molar-refractivity contribution in [2.45, 2.75) is 13.5 Å². The average molecular weight is 428 g/mol. The molecule has 2 heterocycles. The summed E-state index contributed by atoms with van der Waals surface area (Å²) in [5.74, 6) is 0.727. The minimum Gasteiger partial charge on any atom is -0.454 e.